The summed E-state index contributed by atoms with van der Waals surface area (Å²) in [6.45, 7) is 0. The number of rotatable bonds is 2. The number of carbonyl (C=O) groups excluding carboxylic acids is 1. The van der Waals surface area contributed by atoms with Crippen LogP contribution in [0.15, 0.2) is 54.6 Å². The summed E-state index contributed by atoms with van der Waals surface area (Å²) in [5.41, 5.74) is 5.51. The molecule has 1 aromatic heterocycles. The van der Waals surface area contributed by atoms with Crippen molar-refractivity contribution in [2.75, 3.05) is 7.18 Å². The largest absolute Gasteiger partial charge is 0.298 e. The van der Waals surface area contributed by atoms with Crippen molar-refractivity contribution < 1.29 is 9.18 Å². The molecule has 3 heteroatoms. The van der Waals surface area contributed by atoms with Crippen LogP contribution in [-0.4, -0.2) is 18.4 Å². The molecule has 1 aromatic rings. The third-order valence-electron chi connectivity index (χ3n) is 2.06. The molecule has 0 saturated carbocycles. The molecular formula is C14H12FNO. The van der Waals surface area contributed by atoms with Gasteiger partial charge in [-0.1, -0.05) is 12.2 Å². The summed E-state index contributed by atoms with van der Waals surface area (Å²) in [4.78, 5) is 14.6. The molecule has 2 nitrogen and oxygen atoms in total. The molecule has 0 unspecified atom stereocenters. The van der Waals surface area contributed by atoms with E-state index in [0.717, 1.165) is 17.4 Å². The molecule has 0 N–H and O–H groups in total. The van der Waals surface area contributed by atoms with E-state index in [4.69, 9.17) is 0 Å². The molecule has 2 rings (SSSR count). The Hall–Kier alpha value is -2.25. The van der Waals surface area contributed by atoms with E-state index in [1.165, 1.54) is 0 Å². The Labute approximate surface area is 99.5 Å². The molecule has 0 saturated heterocycles. The molecule has 1 aliphatic rings. The van der Waals surface area contributed by atoms with Crippen molar-refractivity contribution >= 4 is 11.9 Å². The smallest absolute Gasteiger partial charge is 0.151 e. The van der Waals surface area contributed by atoms with Crippen LogP contribution in [0.2, 0.25) is 0 Å². The van der Waals surface area contributed by atoms with Gasteiger partial charge in [0.15, 0.2) is 6.29 Å². The second-order valence-electron chi connectivity index (χ2n) is 3.11. The second-order valence-corrected chi connectivity index (χ2v) is 3.11. The standard InChI is InChI=1S/C13H9NO.CH3F/c15-10-11-7-13(9-14-8-11)12-5-3-1-2-4-6-12;1-2/h1,3-10H;1H3. The van der Waals surface area contributed by atoms with E-state index in [1.807, 2.05) is 36.4 Å². The van der Waals surface area contributed by atoms with Gasteiger partial charge in [-0.3, -0.25) is 14.2 Å². The first-order valence-electron chi connectivity index (χ1n) is 4.98. The SMILES string of the molecule is CF.O=Cc1cncc(C2=CC=C=CC=C2)c1. The number of pyridine rings is 1. The average Bonchev–Trinajstić information content (AvgIpc) is 2.70. The van der Waals surface area contributed by atoms with Crippen molar-refractivity contribution in [2.45, 2.75) is 0 Å². The summed E-state index contributed by atoms with van der Waals surface area (Å²) in [6, 6.07) is 1.81. The quantitative estimate of drug-likeness (QED) is 0.576. The van der Waals surface area contributed by atoms with Gasteiger partial charge in [-0.2, -0.15) is 0 Å². The highest BCUT2D eigenvalue weighted by Gasteiger charge is 1.99. The number of hydrogen-bond acceptors (Lipinski definition) is 2. The Kier molecular flexibility index (Phi) is 5.35. The van der Waals surface area contributed by atoms with Gasteiger partial charge in [0.1, 0.15) is 0 Å². The number of alkyl halides is 1. The number of halogens is 1. The van der Waals surface area contributed by atoms with E-state index in [1.54, 1.807) is 12.4 Å². The Bertz CT molecular complexity index is 509. The number of allylic oxidation sites excluding steroid dienone is 5. The first kappa shape index (κ1) is 12.8. The molecule has 0 aliphatic heterocycles. The van der Waals surface area contributed by atoms with E-state index >= 15 is 0 Å². The first-order valence-corrected chi connectivity index (χ1v) is 4.98. The van der Waals surface area contributed by atoms with Gasteiger partial charge < -0.3 is 0 Å². The van der Waals surface area contributed by atoms with Crippen LogP contribution in [0.3, 0.4) is 0 Å². The van der Waals surface area contributed by atoms with Gasteiger partial charge in [0.25, 0.3) is 0 Å². The molecule has 1 heterocycles. The minimum absolute atomic E-state index is 0.500. The van der Waals surface area contributed by atoms with E-state index < -0.39 is 0 Å². The molecule has 0 atom stereocenters. The summed E-state index contributed by atoms with van der Waals surface area (Å²) in [7, 11) is 0.500. The fourth-order valence-electron chi connectivity index (χ4n) is 1.33. The summed E-state index contributed by atoms with van der Waals surface area (Å²) >= 11 is 0. The number of carbonyl (C=O) groups is 1. The maximum Gasteiger partial charge on any atom is 0.151 e. The third kappa shape index (κ3) is 3.67. The lowest BCUT2D eigenvalue weighted by Crippen LogP contribution is -1.87. The van der Waals surface area contributed by atoms with Gasteiger partial charge in [-0.25, -0.2) is 0 Å². The Morgan fingerprint density at radius 1 is 1.29 bits per heavy atom. The highest BCUT2D eigenvalue weighted by atomic mass is 19.1. The monoisotopic (exact) mass is 229 g/mol. The van der Waals surface area contributed by atoms with Crippen LogP contribution in [0.25, 0.3) is 5.57 Å². The number of aldehydes is 1. The molecule has 0 amide bonds. The molecule has 17 heavy (non-hydrogen) atoms. The van der Waals surface area contributed by atoms with E-state index in [0.29, 0.717) is 12.7 Å². The predicted molar refractivity (Wildman–Crippen MR) is 66.4 cm³/mol. The Balaban J connectivity index is 0.000000686. The topological polar surface area (TPSA) is 30.0 Å². The zero-order valence-electron chi connectivity index (χ0n) is 9.43. The van der Waals surface area contributed by atoms with Crippen molar-refractivity contribution in [3.63, 3.8) is 0 Å². The second kappa shape index (κ2) is 7.09. The fraction of sp³-hybridized carbons (Fsp3) is 0.0714. The third-order valence-corrected chi connectivity index (χ3v) is 2.06. The fourth-order valence-corrected chi connectivity index (χ4v) is 1.33. The van der Waals surface area contributed by atoms with Crippen LogP contribution in [0, 0.1) is 0 Å². The van der Waals surface area contributed by atoms with Crippen molar-refractivity contribution in [1.82, 2.24) is 4.98 Å². The molecule has 86 valence electrons. The summed E-state index contributed by atoms with van der Waals surface area (Å²) in [6.07, 6.45) is 13.6. The lowest BCUT2D eigenvalue weighted by Gasteiger charge is -2.00. The number of hydrogen-bond donors (Lipinski definition) is 0. The highest BCUT2D eigenvalue weighted by molar-refractivity contribution is 5.80. The van der Waals surface area contributed by atoms with E-state index in [-0.39, 0.29) is 0 Å². The minimum Gasteiger partial charge on any atom is -0.298 e. The van der Waals surface area contributed by atoms with Gasteiger partial charge >= 0.3 is 0 Å². The first-order chi connectivity index (χ1) is 8.40. The van der Waals surface area contributed by atoms with Gasteiger partial charge in [0.05, 0.1) is 7.18 Å². The minimum atomic E-state index is 0.500. The number of nitrogens with zero attached hydrogens (tertiary/aromatic N) is 1. The molecule has 0 bridgehead atoms. The molecule has 0 fully saturated rings. The highest BCUT2D eigenvalue weighted by Crippen LogP contribution is 2.16. The normalized spacial score (nSPS) is 12.2. The Morgan fingerprint density at radius 3 is 2.88 bits per heavy atom. The van der Waals surface area contributed by atoms with Gasteiger partial charge in [-0.05, 0) is 29.9 Å². The van der Waals surface area contributed by atoms with Crippen molar-refractivity contribution in [3.8, 4) is 0 Å². The lowest BCUT2D eigenvalue weighted by atomic mass is 10.1. The Morgan fingerprint density at radius 2 is 2.12 bits per heavy atom. The average molecular weight is 229 g/mol. The van der Waals surface area contributed by atoms with Crippen LogP contribution in [-0.2, 0) is 0 Å². The summed E-state index contributed by atoms with van der Waals surface area (Å²) in [5, 5.41) is 0. The molecule has 0 spiro atoms. The lowest BCUT2D eigenvalue weighted by molar-refractivity contribution is 0.112. The molecule has 0 radical (unpaired) electrons. The molecule has 0 aromatic carbocycles. The van der Waals surface area contributed by atoms with Crippen LogP contribution in [0.1, 0.15) is 15.9 Å². The maximum atomic E-state index is 10.6. The van der Waals surface area contributed by atoms with Crippen LogP contribution < -0.4 is 0 Å². The van der Waals surface area contributed by atoms with Gasteiger partial charge in [0, 0.05) is 23.5 Å². The molecule has 1 aliphatic carbocycles. The van der Waals surface area contributed by atoms with Crippen molar-refractivity contribution in [1.29, 1.82) is 0 Å². The van der Waals surface area contributed by atoms with Crippen LogP contribution >= 0.6 is 0 Å². The van der Waals surface area contributed by atoms with Crippen molar-refractivity contribution in [2.24, 2.45) is 0 Å². The van der Waals surface area contributed by atoms with Gasteiger partial charge in [-0.15, -0.1) is 5.73 Å². The summed E-state index contributed by atoms with van der Waals surface area (Å²) < 4.78 is 9.50. The van der Waals surface area contributed by atoms with Crippen LogP contribution in [0.5, 0.6) is 0 Å². The maximum absolute atomic E-state index is 10.6. The zero-order valence-corrected chi connectivity index (χ0v) is 9.43. The molecular weight excluding hydrogens is 217 g/mol. The van der Waals surface area contributed by atoms with Crippen molar-refractivity contribution in [3.05, 3.63) is 65.7 Å². The zero-order chi connectivity index (χ0) is 12.5. The van der Waals surface area contributed by atoms with Crippen LogP contribution in [0.4, 0.5) is 4.39 Å². The number of aromatic nitrogens is 1. The van der Waals surface area contributed by atoms with E-state index in [9.17, 15) is 9.18 Å². The van der Waals surface area contributed by atoms with Gasteiger partial charge in [0.2, 0.25) is 0 Å². The predicted octanol–water partition coefficient (Wildman–Crippen LogP) is 3.14. The summed E-state index contributed by atoms with van der Waals surface area (Å²) in [5.74, 6) is 0. The van der Waals surface area contributed by atoms with E-state index in [2.05, 4.69) is 10.7 Å².